The summed E-state index contributed by atoms with van der Waals surface area (Å²) in [7, 11) is 1.71. The molecule has 2 aromatic rings. The summed E-state index contributed by atoms with van der Waals surface area (Å²) in [5.41, 5.74) is 0.805. The summed E-state index contributed by atoms with van der Waals surface area (Å²) >= 11 is 0. The van der Waals surface area contributed by atoms with E-state index in [-0.39, 0.29) is 30.7 Å². The first-order valence-electron chi connectivity index (χ1n) is 9.66. The summed E-state index contributed by atoms with van der Waals surface area (Å²) < 4.78 is 2.11. The number of rotatable bonds is 5. The summed E-state index contributed by atoms with van der Waals surface area (Å²) in [5, 5.41) is 8.51. The molecule has 0 fully saturated rings. The molecule has 4 rings (SSSR count). The molecule has 0 spiro atoms. The highest BCUT2D eigenvalue weighted by Gasteiger charge is 2.35. The van der Waals surface area contributed by atoms with Crippen LogP contribution in [-0.4, -0.2) is 55.9 Å². The first-order chi connectivity index (χ1) is 13.6. The Balaban J connectivity index is 1.37. The molecule has 1 aromatic carbocycles. The van der Waals surface area contributed by atoms with Crippen LogP contribution in [0.4, 0.5) is 0 Å². The third-order valence-electron chi connectivity index (χ3n) is 5.42. The van der Waals surface area contributed by atoms with Crippen molar-refractivity contribution < 1.29 is 14.4 Å². The Hall–Kier alpha value is -3.03. The second kappa shape index (κ2) is 7.53. The number of hydrogen-bond acceptors (Lipinski definition) is 5. The van der Waals surface area contributed by atoms with Crippen LogP contribution in [0.2, 0.25) is 0 Å². The number of benzene rings is 1. The van der Waals surface area contributed by atoms with E-state index in [9.17, 15) is 14.4 Å². The van der Waals surface area contributed by atoms with Crippen LogP contribution in [0.15, 0.2) is 24.3 Å². The molecule has 0 unspecified atom stereocenters. The minimum atomic E-state index is -0.334. The van der Waals surface area contributed by atoms with Gasteiger partial charge in [-0.15, -0.1) is 10.2 Å². The predicted octanol–water partition coefficient (Wildman–Crippen LogP) is 1.65. The van der Waals surface area contributed by atoms with Crippen LogP contribution in [0.5, 0.6) is 0 Å². The first kappa shape index (κ1) is 18.3. The van der Waals surface area contributed by atoms with Crippen LogP contribution >= 0.6 is 0 Å². The lowest BCUT2D eigenvalue weighted by molar-refractivity contribution is -0.130. The number of imide groups is 1. The van der Waals surface area contributed by atoms with Crippen LogP contribution in [0.3, 0.4) is 0 Å². The Kier molecular flexibility index (Phi) is 4.93. The van der Waals surface area contributed by atoms with Gasteiger partial charge in [0.1, 0.15) is 5.82 Å². The normalized spacial score (nSPS) is 16.0. The molecule has 0 N–H and O–H groups in total. The van der Waals surface area contributed by atoms with Crippen molar-refractivity contribution in [1.82, 2.24) is 24.6 Å². The molecule has 0 saturated heterocycles. The zero-order chi connectivity index (χ0) is 19.7. The van der Waals surface area contributed by atoms with E-state index in [0.29, 0.717) is 17.7 Å². The van der Waals surface area contributed by atoms with Gasteiger partial charge in [0.2, 0.25) is 5.91 Å². The van der Waals surface area contributed by atoms with Crippen LogP contribution < -0.4 is 0 Å². The van der Waals surface area contributed by atoms with Crippen molar-refractivity contribution in [3.05, 3.63) is 47.0 Å². The SMILES string of the molecule is CN(Cc1nnc2n1CCCCC2)C(=O)CCN1C(=O)c2ccccc2C1=O. The quantitative estimate of drug-likeness (QED) is 0.735. The second-order valence-corrected chi connectivity index (χ2v) is 7.30. The zero-order valence-corrected chi connectivity index (χ0v) is 15.9. The van der Waals surface area contributed by atoms with Crippen molar-refractivity contribution in [2.45, 2.75) is 45.2 Å². The standard InChI is InChI=1S/C20H23N5O3/c1-23(13-17-22-21-16-9-3-2-6-11-24(16)17)18(26)10-12-25-19(27)14-7-4-5-8-15(14)20(25)28/h4-5,7-8H,2-3,6,9-13H2,1H3. The molecule has 0 saturated carbocycles. The third kappa shape index (κ3) is 3.30. The van der Waals surface area contributed by atoms with Crippen molar-refractivity contribution in [2.75, 3.05) is 13.6 Å². The molecular weight excluding hydrogens is 358 g/mol. The van der Waals surface area contributed by atoms with Gasteiger partial charge in [-0.1, -0.05) is 18.6 Å². The number of nitrogens with zero attached hydrogens (tertiary/aromatic N) is 5. The second-order valence-electron chi connectivity index (χ2n) is 7.30. The van der Waals surface area contributed by atoms with E-state index in [4.69, 9.17) is 0 Å². The molecule has 0 aliphatic carbocycles. The van der Waals surface area contributed by atoms with Gasteiger partial charge in [-0.2, -0.15) is 0 Å². The Bertz CT molecular complexity index is 901. The van der Waals surface area contributed by atoms with E-state index in [1.165, 1.54) is 6.42 Å². The summed E-state index contributed by atoms with van der Waals surface area (Å²) in [5.74, 6) is 0.966. The monoisotopic (exact) mass is 381 g/mol. The van der Waals surface area contributed by atoms with Crippen molar-refractivity contribution in [1.29, 1.82) is 0 Å². The van der Waals surface area contributed by atoms with Crippen LogP contribution in [0.1, 0.15) is 58.0 Å². The van der Waals surface area contributed by atoms with Crippen LogP contribution in [-0.2, 0) is 24.3 Å². The van der Waals surface area contributed by atoms with Crippen LogP contribution in [0, 0.1) is 0 Å². The smallest absolute Gasteiger partial charge is 0.261 e. The first-order valence-corrected chi connectivity index (χ1v) is 9.66. The average molecular weight is 381 g/mol. The minimum Gasteiger partial charge on any atom is -0.338 e. The van der Waals surface area contributed by atoms with E-state index < -0.39 is 0 Å². The molecule has 1 aromatic heterocycles. The summed E-state index contributed by atoms with van der Waals surface area (Å²) in [6, 6.07) is 6.74. The van der Waals surface area contributed by atoms with Gasteiger partial charge in [0.15, 0.2) is 5.82 Å². The van der Waals surface area contributed by atoms with Gasteiger partial charge in [0.25, 0.3) is 11.8 Å². The molecule has 0 radical (unpaired) electrons. The summed E-state index contributed by atoms with van der Waals surface area (Å²) in [6.45, 7) is 1.33. The summed E-state index contributed by atoms with van der Waals surface area (Å²) in [6.07, 6.45) is 4.40. The van der Waals surface area contributed by atoms with Gasteiger partial charge in [-0.25, -0.2) is 0 Å². The number of fused-ring (bicyclic) bond motifs is 2. The predicted molar refractivity (Wildman–Crippen MR) is 100 cm³/mol. The highest BCUT2D eigenvalue weighted by atomic mass is 16.2. The highest BCUT2D eigenvalue weighted by molar-refractivity contribution is 6.21. The highest BCUT2D eigenvalue weighted by Crippen LogP contribution is 2.22. The topological polar surface area (TPSA) is 88.4 Å². The van der Waals surface area contributed by atoms with Gasteiger partial charge in [-0.3, -0.25) is 19.3 Å². The third-order valence-corrected chi connectivity index (χ3v) is 5.42. The Morgan fingerprint density at radius 2 is 1.79 bits per heavy atom. The number of carbonyl (C=O) groups is 3. The lowest BCUT2D eigenvalue weighted by atomic mass is 10.1. The lowest BCUT2D eigenvalue weighted by Gasteiger charge is -2.19. The Labute approximate surface area is 163 Å². The van der Waals surface area contributed by atoms with Crippen molar-refractivity contribution in [3.63, 3.8) is 0 Å². The van der Waals surface area contributed by atoms with E-state index in [1.807, 2.05) is 0 Å². The largest absolute Gasteiger partial charge is 0.338 e. The molecule has 28 heavy (non-hydrogen) atoms. The number of aromatic nitrogens is 3. The molecule has 2 aliphatic heterocycles. The molecular formula is C20H23N5O3. The number of aryl methyl sites for hydroxylation is 1. The average Bonchev–Trinajstić information content (AvgIpc) is 3.07. The van der Waals surface area contributed by atoms with E-state index >= 15 is 0 Å². The fourth-order valence-corrected chi connectivity index (χ4v) is 3.80. The molecule has 0 atom stereocenters. The molecule has 3 amide bonds. The summed E-state index contributed by atoms with van der Waals surface area (Å²) in [4.78, 5) is 40.1. The zero-order valence-electron chi connectivity index (χ0n) is 15.9. The van der Waals surface area contributed by atoms with E-state index in [0.717, 1.165) is 42.4 Å². The maximum atomic E-state index is 12.6. The number of amides is 3. The lowest BCUT2D eigenvalue weighted by Crippen LogP contribution is -2.35. The van der Waals surface area contributed by atoms with Gasteiger partial charge < -0.3 is 9.47 Å². The van der Waals surface area contributed by atoms with Crippen molar-refractivity contribution in [2.24, 2.45) is 0 Å². The maximum Gasteiger partial charge on any atom is 0.261 e. The molecule has 3 heterocycles. The number of carbonyl (C=O) groups excluding carboxylic acids is 3. The van der Waals surface area contributed by atoms with Crippen molar-refractivity contribution in [3.8, 4) is 0 Å². The molecule has 2 aliphatic rings. The van der Waals surface area contributed by atoms with Gasteiger partial charge >= 0.3 is 0 Å². The molecule has 8 heteroatoms. The van der Waals surface area contributed by atoms with Crippen molar-refractivity contribution >= 4 is 17.7 Å². The molecule has 0 bridgehead atoms. The maximum absolute atomic E-state index is 12.6. The Morgan fingerprint density at radius 1 is 1.07 bits per heavy atom. The molecule has 146 valence electrons. The van der Waals surface area contributed by atoms with Gasteiger partial charge in [0.05, 0.1) is 17.7 Å². The van der Waals surface area contributed by atoms with Crippen LogP contribution in [0.25, 0.3) is 0 Å². The molecule has 8 nitrogen and oxygen atoms in total. The van der Waals surface area contributed by atoms with Gasteiger partial charge in [0, 0.05) is 33.0 Å². The Morgan fingerprint density at radius 3 is 2.50 bits per heavy atom. The number of hydrogen-bond donors (Lipinski definition) is 0. The van der Waals surface area contributed by atoms with Gasteiger partial charge in [-0.05, 0) is 25.0 Å². The fourth-order valence-electron chi connectivity index (χ4n) is 3.80. The fraction of sp³-hybridized carbons (Fsp3) is 0.450. The van der Waals surface area contributed by atoms with E-state index in [2.05, 4.69) is 14.8 Å². The van der Waals surface area contributed by atoms with E-state index in [1.54, 1.807) is 36.2 Å². The minimum absolute atomic E-state index is 0.0768.